The van der Waals surface area contributed by atoms with Gasteiger partial charge in [-0.2, -0.15) is 5.26 Å². The van der Waals surface area contributed by atoms with Crippen LogP contribution in [0.5, 0.6) is 0 Å². The first-order chi connectivity index (χ1) is 8.35. The first-order valence-corrected chi connectivity index (χ1v) is 5.42. The maximum Gasteiger partial charge on any atom is 0.190 e. The van der Waals surface area contributed by atoms with Crippen molar-refractivity contribution in [3.05, 3.63) is 47.3 Å². The second kappa shape index (κ2) is 5.08. The van der Waals surface area contributed by atoms with E-state index < -0.39 is 0 Å². The summed E-state index contributed by atoms with van der Waals surface area (Å²) in [7, 11) is 0. The van der Waals surface area contributed by atoms with Gasteiger partial charge in [0, 0.05) is 6.54 Å². The van der Waals surface area contributed by atoms with Gasteiger partial charge in [0.2, 0.25) is 0 Å². The fraction of sp³-hybridized carbons (Fsp3) is 0.154. The second-order valence-electron chi connectivity index (χ2n) is 3.49. The summed E-state index contributed by atoms with van der Waals surface area (Å²) in [4.78, 5) is 0. The molecule has 0 aliphatic carbocycles. The summed E-state index contributed by atoms with van der Waals surface area (Å²) >= 11 is 0. The number of aromatic nitrogens is 3. The standard InChI is InChI=1S/C13H12N4/c1-2-17-13(12(10-14)15-16-17)9-8-11-6-4-3-5-7-11/h3-9H,2H2,1H3/b9-8+. The van der Waals surface area contributed by atoms with Crippen molar-refractivity contribution in [3.63, 3.8) is 0 Å². The highest BCUT2D eigenvalue weighted by atomic mass is 15.4. The average molecular weight is 224 g/mol. The molecule has 17 heavy (non-hydrogen) atoms. The van der Waals surface area contributed by atoms with E-state index in [1.807, 2.05) is 55.5 Å². The highest BCUT2D eigenvalue weighted by Gasteiger charge is 2.07. The molecule has 0 aliphatic rings. The lowest BCUT2D eigenvalue weighted by atomic mass is 10.2. The zero-order valence-electron chi connectivity index (χ0n) is 9.54. The van der Waals surface area contributed by atoms with Gasteiger partial charge in [0.15, 0.2) is 5.69 Å². The third kappa shape index (κ3) is 2.40. The molecule has 1 aromatic carbocycles. The normalized spacial score (nSPS) is 10.6. The Morgan fingerprint density at radius 2 is 2.06 bits per heavy atom. The van der Waals surface area contributed by atoms with Crippen LogP contribution < -0.4 is 0 Å². The van der Waals surface area contributed by atoms with Crippen LogP contribution >= 0.6 is 0 Å². The van der Waals surface area contributed by atoms with Crippen LogP contribution in [0.3, 0.4) is 0 Å². The van der Waals surface area contributed by atoms with E-state index >= 15 is 0 Å². The Balaban J connectivity index is 2.33. The first kappa shape index (κ1) is 11.1. The lowest BCUT2D eigenvalue weighted by molar-refractivity contribution is 0.622. The van der Waals surface area contributed by atoms with Gasteiger partial charge in [0.1, 0.15) is 6.07 Å². The van der Waals surface area contributed by atoms with E-state index in [1.54, 1.807) is 4.68 Å². The van der Waals surface area contributed by atoms with Crippen molar-refractivity contribution in [2.24, 2.45) is 0 Å². The molecule has 0 amide bonds. The van der Waals surface area contributed by atoms with E-state index in [0.717, 1.165) is 11.3 Å². The number of aryl methyl sites for hydroxylation is 1. The van der Waals surface area contributed by atoms with Crippen molar-refractivity contribution in [3.8, 4) is 6.07 Å². The molecule has 1 aromatic heterocycles. The Hall–Kier alpha value is -2.41. The lowest BCUT2D eigenvalue weighted by Crippen LogP contribution is -1.99. The van der Waals surface area contributed by atoms with Gasteiger partial charge in [0.25, 0.3) is 0 Å². The monoisotopic (exact) mass is 224 g/mol. The first-order valence-electron chi connectivity index (χ1n) is 5.42. The summed E-state index contributed by atoms with van der Waals surface area (Å²) in [5.74, 6) is 0. The summed E-state index contributed by atoms with van der Waals surface area (Å²) in [6.45, 7) is 2.67. The van der Waals surface area contributed by atoms with Crippen LogP contribution in [-0.2, 0) is 6.54 Å². The maximum absolute atomic E-state index is 8.92. The van der Waals surface area contributed by atoms with Crippen molar-refractivity contribution < 1.29 is 0 Å². The Bertz CT molecular complexity index is 561. The number of hydrogen-bond donors (Lipinski definition) is 0. The molecule has 0 N–H and O–H groups in total. The minimum absolute atomic E-state index is 0.360. The van der Waals surface area contributed by atoms with E-state index in [0.29, 0.717) is 12.2 Å². The van der Waals surface area contributed by atoms with Crippen LogP contribution in [0.25, 0.3) is 12.2 Å². The zero-order valence-corrected chi connectivity index (χ0v) is 9.54. The molecule has 0 aliphatic heterocycles. The Labute approximate surface area is 99.8 Å². The van der Waals surface area contributed by atoms with Gasteiger partial charge >= 0.3 is 0 Å². The lowest BCUT2D eigenvalue weighted by Gasteiger charge is -1.97. The molecule has 0 bridgehead atoms. The number of hydrogen-bond acceptors (Lipinski definition) is 3. The highest BCUT2D eigenvalue weighted by Crippen LogP contribution is 2.10. The van der Waals surface area contributed by atoms with Crippen LogP contribution in [0.4, 0.5) is 0 Å². The van der Waals surface area contributed by atoms with Crippen LogP contribution in [0.1, 0.15) is 23.9 Å². The molecule has 84 valence electrons. The van der Waals surface area contributed by atoms with Gasteiger partial charge < -0.3 is 0 Å². The van der Waals surface area contributed by atoms with E-state index in [2.05, 4.69) is 10.3 Å². The summed E-state index contributed by atoms with van der Waals surface area (Å²) in [5, 5.41) is 16.7. The van der Waals surface area contributed by atoms with Gasteiger partial charge in [-0.3, -0.25) is 0 Å². The molecule has 0 saturated carbocycles. The molecular formula is C13H12N4. The summed E-state index contributed by atoms with van der Waals surface area (Å²) in [6, 6.07) is 12.0. The summed E-state index contributed by atoms with van der Waals surface area (Å²) in [5.41, 5.74) is 2.19. The van der Waals surface area contributed by atoms with Gasteiger partial charge in [0.05, 0.1) is 5.69 Å². The quantitative estimate of drug-likeness (QED) is 0.804. The predicted molar refractivity (Wildman–Crippen MR) is 65.8 cm³/mol. The minimum atomic E-state index is 0.360. The molecule has 0 spiro atoms. The van der Waals surface area contributed by atoms with Crippen LogP contribution in [0.15, 0.2) is 30.3 Å². The number of nitriles is 1. The molecular weight excluding hydrogens is 212 g/mol. The molecule has 4 nitrogen and oxygen atoms in total. The molecule has 2 rings (SSSR count). The molecule has 1 heterocycles. The molecule has 4 heteroatoms. The average Bonchev–Trinajstić information content (AvgIpc) is 2.79. The topological polar surface area (TPSA) is 54.5 Å². The third-order valence-corrected chi connectivity index (χ3v) is 2.41. The molecule has 0 radical (unpaired) electrons. The molecule has 0 unspecified atom stereocenters. The van der Waals surface area contributed by atoms with Crippen LogP contribution in [0.2, 0.25) is 0 Å². The highest BCUT2D eigenvalue weighted by molar-refractivity contribution is 5.69. The van der Waals surface area contributed by atoms with E-state index in [-0.39, 0.29) is 0 Å². The second-order valence-corrected chi connectivity index (χ2v) is 3.49. The van der Waals surface area contributed by atoms with Crippen molar-refractivity contribution in [2.45, 2.75) is 13.5 Å². The van der Waals surface area contributed by atoms with Crippen LogP contribution in [-0.4, -0.2) is 15.0 Å². The van der Waals surface area contributed by atoms with E-state index in [4.69, 9.17) is 5.26 Å². The maximum atomic E-state index is 8.92. The molecule has 2 aromatic rings. The van der Waals surface area contributed by atoms with Crippen molar-refractivity contribution in [1.29, 1.82) is 5.26 Å². The number of nitrogens with zero attached hydrogens (tertiary/aromatic N) is 4. The Morgan fingerprint density at radius 3 is 2.71 bits per heavy atom. The summed E-state index contributed by atoms with van der Waals surface area (Å²) < 4.78 is 1.71. The number of benzene rings is 1. The smallest absolute Gasteiger partial charge is 0.190 e. The minimum Gasteiger partial charge on any atom is -0.244 e. The van der Waals surface area contributed by atoms with Gasteiger partial charge in [-0.05, 0) is 18.6 Å². The van der Waals surface area contributed by atoms with E-state index in [1.165, 1.54) is 0 Å². The fourth-order valence-corrected chi connectivity index (χ4v) is 1.54. The van der Waals surface area contributed by atoms with Gasteiger partial charge in [-0.1, -0.05) is 41.6 Å². The number of rotatable bonds is 3. The fourth-order valence-electron chi connectivity index (χ4n) is 1.54. The Kier molecular flexibility index (Phi) is 3.31. The molecule has 0 saturated heterocycles. The van der Waals surface area contributed by atoms with Crippen molar-refractivity contribution in [1.82, 2.24) is 15.0 Å². The molecule has 0 atom stereocenters. The van der Waals surface area contributed by atoms with Crippen LogP contribution in [0, 0.1) is 11.3 Å². The Morgan fingerprint density at radius 1 is 1.29 bits per heavy atom. The zero-order chi connectivity index (χ0) is 12.1. The van der Waals surface area contributed by atoms with Crippen molar-refractivity contribution >= 4 is 12.2 Å². The third-order valence-electron chi connectivity index (χ3n) is 2.41. The van der Waals surface area contributed by atoms with Gasteiger partial charge in [-0.15, -0.1) is 5.10 Å². The summed E-state index contributed by atoms with van der Waals surface area (Å²) in [6.07, 6.45) is 3.82. The molecule has 0 fully saturated rings. The largest absolute Gasteiger partial charge is 0.244 e. The van der Waals surface area contributed by atoms with E-state index in [9.17, 15) is 0 Å². The van der Waals surface area contributed by atoms with Gasteiger partial charge in [-0.25, -0.2) is 4.68 Å². The predicted octanol–water partition coefficient (Wildman–Crippen LogP) is 2.34. The SMILES string of the molecule is CCn1nnc(C#N)c1/C=C/c1ccccc1. The van der Waals surface area contributed by atoms with Crippen molar-refractivity contribution in [2.75, 3.05) is 0 Å².